The Morgan fingerprint density at radius 2 is 1.86 bits per heavy atom. The van der Waals surface area contributed by atoms with Gasteiger partial charge >= 0.3 is 5.97 Å². The van der Waals surface area contributed by atoms with Crippen LogP contribution in [0, 0.1) is 0 Å². The number of nitrogens with zero attached hydrogens (tertiary/aromatic N) is 2. The Bertz CT molecular complexity index is 319. The van der Waals surface area contributed by atoms with E-state index in [0.717, 1.165) is 32.5 Å². The van der Waals surface area contributed by atoms with Crippen LogP contribution in [0.2, 0.25) is 0 Å². The molecule has 2 unspecified atom stereocenters. The van der Waals surface area contributed by atoms with Gasteiger partial charge in [0.2, 0.25) is 0 Å². The van der Waals surface area contributed by atoms with Crippen LogP contribution >= 0.6 is 0 Å². The maximum absolute atomic E-state index is 11.9. The fraction of sp³-hybridized carbons (Fsp3) is 0.938. The summed E-state index contributed by atoms with van der Waals surface area (Å²) in [5.41, 5.74) is 0. The molecule has 0 aliphatic carbocycles. The van der Waals surface area contributed by atoms with Gasteiger partial charge in [-0.25, -0.2) is 0 Å². The smallest absolute Gasteiger partial charge is 0.323 e. The molecule has 1 fully saturated rings. The summed E-state index contributed by atoms with van der Waals surface area (Å²) in [6.07, 6.45) is 1.89. The van der Waals surface area contributed by atoms with E-state index in [9.17, 15) is 4.79 Å². The van der Waals surface area contributed by atoms with Gasteiger partial charge in [0.25, 0.3) is 0 Å². The minimum atomic E-state index is -0.125. The monoisotopic (exact) mass is 299 g/mol. The van der Waals surface area contributed by atoms with Crippen LogP contribution in [0.25, 0.3) is 0 Å². The average molecular weight is 299 g/mol. The summed E-state index contributed by atoms with van der Waals surface area (Å²) in [5, 5.41) is 3.44. The fourth-order valence-corrected chi connectivity index (χ4v) is 2.64. The van der Waals surface area contributed by atoms with Crippen molar-refractivity contribution in [1.82, 2.24) is 15.1 Å². The van der Waals surface area contributed by atoms with Crippen LogP contribution in [0.1, 0.15) is 40.5 Å². The molecule has 0 radical (unpaired) electrons. The van der Waals surface area contributed by atoms with Crippen molar-refractivity contribution < 1.29 is 9.53 Å². The van der Waals surface area contributed by atoms with Gasteiger partial charge < -0.3 is 15.0 Å². The van der Waals surface area contributed by atoms with Crippen molar-refractivity contribution in [3.05, 3.63) is 0 Å². The lowest BCUT2D eigenvalue weighted by Crippen LogP contribution is -2.46. The second-order valence-electron chi connectivity index (χ2n) is 6.87. The molecule has 0 aromatic heterocycles. The number of likely N-dealkylation sites (N-methyl/N-ethyl adjacent to an activating group) is 1. The maximum Gasteiger partial charge on any atom is 0.323 e. The molecule has 21 heavy (non-hydrogen) atoms. The highest BCUT2D eigenvalue weighted by Crippen LogP contribution is 2.16. The minimum Gasteiger partial charge on any atom is -0.462 e. The number of hydrogen-bond acceptors (Lipinski definition) is 5. The van der Waals surface area contributed by atoms with E-state index in [2.05, 4.69) is 43.1 Å². The normalized spacial score (nSPS) is 22.8. The first kappa shape index (κ1) is 18.4. The van der Waals surface area contributed by atoms with E-state index >= 15 is 0 Å². The summed E-state index contributed by atoms with van der Waals surface area (Å²) in [6.45, 7) is 11.4. The predicted molar refractivity (Wildman–Crippen MR) is 86.4 cm³/mol. The highest BCUT2D eigenvalue weighted by molar-refractivity contribution is 5.76. The average Bonchev–Trinajstić information content (AvgIpc) is 2.81. The summed E-state index contributed by atoms with van der Waals surface area (Å²) in [4.78, 5) is 16.6. The van der Waals surface area contributed by atoms with Crippen LogP contribution < -0.4 is 5.32 Å². The Hall–Kier alpha value is -0.650. The SMILES string of the molecule is CC(C)OC(=O)C1CCC(CN(CCN(C)C)C(C)C)N1. The third kappa shape index (κ3) is 6.76. The van der Waals surface area contributed by atoms with Crippen LogP contribution in [0.5, 0.6) is 0 Å². The number of hydrogen-bond donors (Lipinski definition) is 1. The molecule has 1 N–H and O–H groups in total. The van der Waals surface area contributed by atoms with Gasteiger partial charge in [-0.05, 0) is 54.6 Å². The third-order valence-electron chi connectivity index (χ3n) is 3.90. The zero-order valence-corrected chi connectivity index (χ0v) is 14.6. The fourth-order valence-electron chi connectivity index (χ4n) is 2.64. The van der Waals surface area contributed by atoms with Gasteiger partial charge in [0.05, 0.1) is 6.10 Å². The molecule has 1 aliphatic rings. The zero-order chi connectivity index (χ0) is 16.0. The van der Waals surface area contributed by atoms with Crippen molar-refractivity contribution in [3.63, 3.8) is 0 Å². The minimum absolute atomic E-state index is 0.0365. The Balaban J connectivity index is 2.42. The van der Waals surface area contributed by atoms with Crippen LogP contribution in [0.3, 0.4) is 0 Å². The highest BCUT2D eigenvalue weighted by Gasteiger charge is 2.31. The molecule has 0 aromatic rings. The second-order valence-corrected chi connectivity index (χ2v) is 6.87. The molecule has 0 amide bonds. The number of rotatable bonds is 8. The Morgan fingerprint density at radius 1 is 1.19 bits per heavy atom. The standard InChI is InChI=1S/C16H33N3O2/c1-12(2)19(10-9-18(5)6)11-14-7-8-15(17-14)16(20)21-13(3)4/h12-15,17H,7-11H2,1-6H3. The molecule has 1 rings (SSSR count). The van der Waals surface area contributed by atoms with Gasteiger partial charge in [-0.1, -0.05) is 0 Å². The van der Waals surface area contributed by atoms with E-state index < -0.39 is 0 Å². The van der Waals surface area contributed by atoms with E-state index in [1.54, 1.807) is 0 Å². The number of esters is 1. The molecule has 2 atom stereocenters. The summed E-state index contributed by atoms with van der Waals surface area (Å²) < 4.78 is 5.29. The van der Waals surface area contributed by atoms with E-state index in [4.69, 9.17) is 4.74 Å². The molecular weight excluding hydrogens is 266 g/mol. The largest absolute Gasteiger partial charge is 0.462 e. The van der Waals surface area contributed by atoms with E-state index in [-0.39, 0.29) is 18.1 Å². The molecule has 0 saturated carbocycles. The molecule has 0 aromatic carbocycles. The van der Waals surface area contributed by atoms with Gasteiger partial charge in [0.15, 0.2) is 0 Å². The Kier molecular flexibility index (Phi) is 7.63. The summed E-state index contributed by atoms with van der Waals surface area (Å²) in [6, 6.07) is 0.785. The summed E-state index contributed by atoms with van der Waals surface area (Å²) in [5.74, 6) is -0.100. The molecular formula is C16H33N3O2. The second kappa shape index (κ2) is 8.71. The van der Waals surface area contributed by atoms with Gasteiger partial charge in [0.1, 0.15) is 6.04 Å². The summed E-state index contributed by atoms with van der Waals surface area (Å²) >= 11 is 0. The van der Waals surface area contributed by atoms with Crippen LogP contribution in [0.4, 0.5) is 0 Å². The lowest BCUT2D eigenvalue weighted by atomic mass is 10.1. The topological polar surface area (TPSA) is 44.8 Å². The lowest BCUT2D eigenvalue weighted by Gasteiger charge is -2.30. The van der Waals surface area contributed by atoms with Crippen molar-refractivity contribution in [2.24, 2.45) is 0 Å². The first-order valence-corrected chi connectivity index (χ1v) is 8.15. The highest BCUT2D eigenvalue weighted by atomic mass is 16.5. The summed E-state index contributed by atoms with van der Waals surface area (Å²) in [7, 11) is 4.20. The number of ether oxygens (including phenoxy) is 1. The van der Waals surface area contributed by atoms with Crippen LogP contribution in [-0.4, -0.2) is 73.7 Å². The third-order valence-corrected chi connectivity index (χ3v) is 3.90. The number of carbonyl (C=O) groups excluding carboxylic acids is 1. The van der Waals surface area contributed by atoms with Crippen LogP contribution in [0.15, 0.2) is 0 Å². The Labute approximate surface area is 130 Å². The zero-order valence-electron chi connectivity index (χ0n) is 14.6. The van der Waals surface area contributed by atoms with E-state index in [1.807, 2.05) is 13.8 Å². The molecule has 1 saturated heterocycles. The molecule has 5 heteroatoms. The van der Waals surface area contributed by atoms with Crippen LogP contribution in [-0.2, 0) is 9.53 Å². The molecule has 0 bridgehead atoms. The quantitative estimate of drug-likeness (QED) is 0.685. The number of carbonyl (C=O) groups is 1. The van der Waals surface area contributed by atoms with Gasteiger partial charge in [-0.2, -0.15) is 0 Å². The van der Waals surface area contributed by atoms with E-state index in [1.165, 1.54) is 0 Å². The molecule has 124 valence electrons. The lowest BCUT2D eigenvalue weighted by molar-refractivity contribution is -0.149. The Morgan fingerprint density at radius 3 is 2.38 bits per heavy atom. The van der Waals surface area contributed by atoms with Gasteiger partial charge in [-0.15, -0.1) is 0 Å². The van der Waals surface area contributed by atoms with Crippen molar-refractivity contribution in [2.75, 3.05) is 33.7 Å². The van der Waals surface area contributed by atoms with Crippen molar-refractivity contribution in [3.8, 4) is 0 Å². The molecule has 1 heterocycles. The van der Waals surface area contributed by atoms with Crippen molar-refractivity contribution in [2.45, 2.75) is 64.8 Å². The number of nitrogens with one attached hydrogen (secondary N) is 1. The predicted octanol–water partition coefficient (Wildman–Crippen LogP) is 1.33. The molecule has 5 nitrogen and oxygen atoms in total. The van der Waals surface area contributed by atoms with Gasteiger partial charge in [-0.3, -0.25) is 9.69 Å². The molecule has 0 spiro atoms. The van der Waals surface area contributed by atoms with E-state index in [0.29, 0.717) is 12.1 Å². The first-order valence-electron chi connectivity index (χ1n) is 8.15. The van der Waals surface area contributed by atoms with Crippen molar-refractivity contribution >= 4 is 5.97 Å². The maximum atomic E-state index is 11.9. The molecule has 1 aliphatic heterocycles. The first-order chi connectivity index (χ1) is 9.79. The van der Waals surface area contributed by atoms with Gasteiger partial charge in [0, 0.05) is 31.7 Å². The van der Waals surface area contributed by atoms with Crippen molar-refractivity contribution in [1.29, 1.82) is 0 Å².